The molecular weight excluding hydrogens is 289 g/mol. The smallest absolute Gasteiger partial charge is 0.00258 e. The van der Waals surface area contributed by atoms with Crippen molar-refractivity contribution in [1.82, 2.24) is 0 Å². The quantitative estimate of drug-likeness (QED) is 0.856. The molecule has 0 unspecified atom stereocenters. The Balaban J connectivity index is 0. The van der Waals surface area contributed by atoms with E-state index in [0.29, 0.717) is 0 Å². The van der Waals surface area contributed by atoms with Crippen LogP contribution in [-0.4, -0.2) is 6.54 Å². The van der Waals surface area contributed by atoms with Crippen LogP contribution in [0.15, 0.2) is 60.7 Å². The summed E-state index contributed by atoms with van der Waals surface area (Å²) in [5.74, 6) is 0. The maximum atomic E-state index is 5.14. The summed E-state index contributed by atoms with van der Waals surface area (Å²) in [5, 5.41) is 0. The van der Waals surface area contributed by atoms with Gasteiger partial charge in [-0.15, -0.1) is 24.8 Å². The van der Waals surface area contributed by atoms with E-state index in [-0.39, 0.29) is 24.8 Å². The van der Waals surface area contributed by atoms with Crippen LogP contribution in [0.2, 0.25) is 0 Å². The van der Waals surface area contributed by atoms with Crippen molar-refractivity contribution in [3.8, 4) is 0 Å². The third kappa shape index (κ3) is 9.85. The van der Waals surface area contributed by atoms with Crippen molar-refractivity contribution in [2.75, 3.05) is 6.54 Å². The van der Waals surface area contributed by atoms with E-state index in [1.54, 1.807) is 0 Å². The molecule has 0 fully saturated rings. The van der Waals surface area contributed by atoms with Gasteiger partial charge in [0.1, 0.15) is 0 Å². The summed E-state index contributed by atoms with van der Waals surface area (Å²) in [4.78, 5) is 0. The Kier molecular flexibility index (Phi) is 15.3. The third-order valence-electron chi connectivity index (χ3n) is 2.65. The predicted octanol–water partition coefficient (Wildman–Crippen LogP) is 4.87. The predicted molar refractivity (Wildman–Crippen MR) is 94.1 cm³/mol. The van der Waals surface area contributed by atoms with Gasteiger partial charge in [-0.2, -0.15) is 0 Å². The second kappa shape index (κ2) is 14.4. The van der Waals surface area contributed by atoms with Crippen LogP contribution in [0, 0.1) is 0 Å². The third-order valence-corrected chi connectivity index (χ3v) is 2.65. The average Bonchev–Trinajstić information content (AvgIpc) is 2.43. The topological polar surface area (TPSA) is 26.0 Å². The number of halogens is 2. The van der Waals surface area contributed by atoms with Gasteiger partial charge in [0, 0.05) is 0 Å². The van der Waals surface area contributed by atoms with Gasteiger partial charge in [-0.25, -0.2) is 0 Å². The van der Waals surface area contributed by atoms with Crippen LogP contribution >= 0.6 is 24.8 Å². The average molecular weight is 314 g/mol. The van der Waals surface area contributed by atoms with Crippen LogP contribution in [0.1, 0.15) is 30.9 Å². The molecule has 0 atom stereocenters. The van der Waals surface area contributed by atoms with Crippen molar-refractivity contribution in [3.63, 3.8) is 0 Å². The zero-order valence-electron chi connectivity index (χ0n) is 12.0. The molecule has 2 N–H and O–H groups in total. The Bertz CT molecular complexity index is 364. The van der Waals surface area contributed by atoms with Gasteiger partial charge in [0.2, 0.25) is 0 Å². The van der Waals surface area contributed by atoms with Crippen LogP contribution in [-0.2, 0) is 6.42 Å². The number of nitrogens with two attached hydrogens (primary N) is 1. The van der Waals surface area contributed by atoms with E-state index in [9.17, 15) is 0 Å². The largest absolute Gasteiger partial charge is 0.330 e. The molecule has 0 aromatic heterocycles. The number of rotatable bonds is 4. The van der Waals surface area contributed by atoms with Crippen molar-refractivity contribution in [2.45, 2.75) is 26.2 Å². The number of hydrogen-bond acceptors (Lipinski definition) is 1. The first-order valence-corrected chi connectivity index (χ1v) is 6.64. The second-order valence-electron chi connectivity index (χ2n) is 4.29. The molecule has 2 aromatic carbocycles. The molecule has 0 aliphatic carbocycles. The molecule has 3 heteroatoms. The lowest BCUT2D eigenvalue weighted by molar-refractivity contribution is 0.807. The molecule has 0 heterocycles. The lowest BCUT2D eigenvalue weighted by Crippen LogP contribution is -1.95. The molecule has 0 saturated heterocycles. The van der Waals surface area contributed by atoms with Crippen molar-refractivity contribution >= 4 is 24.8 Å². The summed E-state index contributed by atoms with van der Waals surface area (Å²) in [5.41, 5.74) is 7.88. The first-order valence-electron chi connectivity index (χ1n) is 6.64. The SMILES string of the molecule is CCCCN.Cl.Cl.c1ccc(Cc2ccccc2)cc1. The van der Waals surface area contributed by atoms with Crippen molar-refractivity contribution < 1.29 is 0 Å². The van der Waals surface area contributed by atoms with Gasteiger partial charge in [0.15, 0.2) is 0 Å². The summed E-state index contributed by atoms with van der Waals surface area (Å²) in [6.07, 6.45) is 3.41. The fourth-order valence-electron chi connectivity index (χ4n) is 1.63. The van der Waals surface area contributed by atoms with E-state index in [1.807, 2.05) is 0 Å². The van der Waals surface area contributed by atoms with E-state index in [0.717, 1.165) is 13.0 Å². The van der Waals surface area contributed by atoms with Crippen LogP contribution < -0.4 is 5.73 Å². The Hall–Kier alpha value is -1.02. The van der Waals surface area contributed by atoms with Crippen LogP contribution in [0.25, 0.3) is 0 Å². The Morgan fingerprint density at radius 2 is 1.15 bits per heavy atom. The number of unbranched alkanes of at least 4 members (excludes halogenated alkanes) is 1. The molecule has 2 rings (SSSR count). The minimum absolute atomic E-state index is 0. The van der Waals surface area contributed by atoms with Crippen LogP contribution in [0.4, 0.5) is 0 Å². The molecule has 20 heavy (non-hydrogen) atoms. The zero-order chi connectivity index (χ0) is 13.1. The van der Waals surface area contributed by atoms with Gasteiger partial charge in [-0.3, -0.25) is 0 Å². The maximum Gasteiger partial charge on any atom is -0.00258 e. The van der Waals surface area contributed by atoms with Crippen molar-refractivity contribution in [1.29, 1.82) is 0 Å². The van der Waals surface area contributed by atoms with Gasteiger partial charge in [0.05, 0.1) is 0 Å². The lowest BCUT2D eigenvalue weighted by atomic mass is 10.1. The normalized spacial score (nSPS) is 8.50. The monoisotopic (exact) mass is 313 g/mol. The zero-order valence-corrected chi connectivity index (χ0v) is 13.6. The Labute approximate surface area is 135 Å². The molecule has 0 aliphatic heterocycles. The first-order chi connectivity index (χ1) is 8.86. The summed E-state index contributed by atoms with van der Waals surface area (Å²) in [7, 11) is 0. The molecule has 112 valence electrons. The first kappa shape index (κ1) is 21.3. The van der Waals surface area contributed by atoms with E-state index < -0.39 is 0 Å². The standard InChI is InChI=1S/C13H12.C4H11N.2ClH/c1-3-7-12(8-4-1)11-13-9-5-2-6-10-13;1-2-3-4-5;;/h1-10H,11H2;2-5H2,1H3;2*1H. The van der Waals surface area contributed by atoms with Crippen LogP contribution in [0.3, 0.4) is 0 Å². The minimum Gasteiger partial charge on any atom is -0.330 e. The molecule has 0 amide bonds. The van der Waals surface area contributed by atoms with E-state index in [2.05, 4.69) is 67.6 Å². The van der Waals surface area contributed by atoms with Gasteiger partial charge in [-0.05, 0) is 30.5 Å². The highest BCUT2D eigenvalue weighted by atomic mass is 35.5. The van der Waals surface area contributed by atoms with Gasteiger partial charge in [0.25, 0.3) is 0 Å². The van der Waals surface area contributed by atoms with Gasteiger partial charge >= 0.3 is 0 Å². The molecule has 0 bridgehead atoms. The van der Waals surface area contributed by atoms with Gasteiger partial charge in [-0.1, -0.05) is 74.0 Å². The van der Waals surface area contributed by atoms with E-state index in [1.165, 1.54) is 24.0 Å². The van der Waals surface area contributed by atoms with Crippen molar-refractivity contribution in [2.24, 2.45) is 5.73 Å². The lowest BCUT2D eigenvalue weighted by Gasteiger charge is -2.00. The van der Waals surface area contributed by atoms with Gasteiger partial charge < -0.3 is 5.73 Å². The van der Waals surface area contributed by atoms with E-state index >= 15 is 0 Å². The Morgan fingerprint density at radius 3 is 1.40 bits per heavy atom. The molecular formula is C17H25Cl2N. The Morgan fingerprint density at radius 1 is 0.750 bits per heavy atom. The molecule has 0 aliphatic rings. The molecule has 1 nitrogen and oxygen atoms in total. The highest BCUT2D eigenvalue weighted by Crippen LogP contribution is 2.07. The highest BCUT2D eigenvalue weighted by Gasteiger charge is 1.92. The van der Waals surface area contributed by atoms with Crippen LogP contribution in [0.5, 0.6) is 0 Å². The molecule has 2 aromatic rings. The summed E-state index contributed by atoms with van der Waals surface area (Å²) >= 11 is 0. The van der Waals surface area contributed by atoms with Crippen molar-refractivity contribution in [3.05, 3.63) is 71.8 Å². The molecule has 0 radical (unpaired) electrons. The summed E-state index contributed by atoms with van der Waals surface area (Å²) < 4.78 is 0. The molecule has 0 saturated carbocycles. The summed E-state index contributed by atoms with van der Waals surface area (Å²) in [6, 6.07) is 21.1. The summed E-state index contributed by atoms with van der Waals surface area (Å²) in [6.45, 7) is 2.98. The fourth-order valence-corrected chi connectivity index (χ4v) is 1.63. The fraction of sp³-hybridized carbons (Fsp3) is 0.294. The maximum absolute atomic E-state index is 5.14. The molecule has 0 spiro atoms. The highest BCUT2D eigenvalue weighted by molar-refractivity contribution is 5.85. The minimum atomic E-state index is 0. The number of hydrogen-bond donors (Lipinski definition) is 1. The van der Waals surface area contributed by atoms with E-state index in [4.69, 9.17) is 5.73 Å². The second-order valence-corrected chi connectivity index (χ2v) is 4.29. The number of benzene rings is 2.